The molecule has 1 saturated heterocycles. The van der Waals surface area contributed by atoms with E-state index in [0.29, 0.717) is 31.7 Å². The maximum absolute atomic E-state index is 12.7. The third kappa shape index (κ3) is 3.03. The number of nitrogens with one attached hydrogen (secondary N) is 1. The van der Waals surface area contributed by atoms with Crippen molar-refractivity contribution in [1.82, 2.24) is 0 Å². The molecule has 1 aliphatic rings. The van der Waals surface area contributed by atoms with E-state index in [4.69, 9.17) is 15.7 Å². The fourth-order valence-corrected chi connectivity index (χ4v) is 2.77. The zero-order chi connectivity index (χ0) is 15.5. The van der Waals surface area contributed by atoms with E-state index in [-0.39, 0.29) is 11.7 Å². The van der Waals surface area contributed by atoms with Gasteiger partial charge in [0.15, 0.2) is 5.84 Å². The van der Waals surface area contributed by atoms with E-state index in [1.165, 1.54) is 0 Å². The second-order valence-electron chi connectivity index (χ2n) is 5.05. The predicted molar refractivity (Wildman–Crippen MR) is 83.4 cm³/mol. The van der Waals surface area contributed by atoms with Gasteiger partial charge in [0, 0.05) is 23.4 Å². The largest absolute Gasteiger partial charge is 0.409 e. The summed E-state index contributed by atoms with van der Waals surface area (Å²) in [7, 11) is 0. The molecule has 1 fully saturated rings. The first kappa shape index (κ1) is 15.8. The van der Waals surface area contributed by atoms with Crippen molar-refractivity contribution in [2.24, 2.45) is 16.3 Å². The molecule has 0 atom stereocenters. The topological polar surface area (TPSA) is 96.9 Å². The van der Waals surface area contributed by atoms with Crippen LogP contribution in [0.1, 0.15) is 18.4 Å². The first-order chi connectivity index (χ1) is 10.0. The predicted octanol–water partition coefficient (Wildman–Crippen LogP) is 2.24. The van der Waals surface area contributed by atoms with Gasteiger partial charge in [-0.15, -0.1) is 0 Å². The summed E-state index contributed by atoms with van der Waals surface area (Å²) in [5.41, 5.74) is 6.38. The molecule has 21 heavy (non-hydrogen) atoms. The van der Waals surface area contributed by atoms with Gasteiger partial charge in [-0.1, -0.05) is 27.2 Å². The number of carbonyl (C=O) groups is 1. The number of amidine groups is 1. The normalized spacial score (nSPS) is 18.3. The average molecular weight is 356 g/mol. The molecule has 6 nitrogen and oxygen atoms in total. The molecule has 1 amide bonds. The van der Waals surface area contributed by atoms with Crippen molar-refractivity contribution in [3.63, 3.8) is 0 Å². The molecule has 114 valence electrons. The van der Waals surface area contributed by atoms with E-state index in [2.05, 4.69) is 26.4 Å². The Bertz CT molecular complexity index is 569. The number of amides is 1. The minimum atomic E-state index is -1.03. The van der Waals surface area contributed by atoms with E-state index in [1.807, 2.05) is 25.1 Å². The van der Waals surface area contributed by atoms with Crippen LogP contribution >= 0.6 is 15.9 Å². The lowest BCUT2D eigenvalue weighted by Gasteiger charge is -2.34. The third-order valence-electron chi connectivity index (χ3n) is 3.89. The number of nitrogens with zero attached hydrogens (tertiary/aromatic N) is 1. The van der Waals surface area contributed by atoms with Crippen molar-refractivity contribution in [3.8, 4) is 0 Å². The number of rotatable bonds is 3. The molecule has 1 heterocycles. The van der Waals surface area contributed by atoms with Gasteiger partial charge in [0.2, 0.25) is 5.91 Å². The molecule has 0 aliphatic carbocycles. The molecular weight excluding hydrogens is 338 g/mol. The van der Waals surface area contributed by atoms with Gasteiger partial charge in [0.05, 0.1) is 0 Å². The highest BCUT2D eigenvalue weighted by Crippen LogP contribution is 2.33. The highest BCUT2D eigenvalue weighted by atomic mass is 79.9. The zero-order valence-corrected chi connectivity index (χ0v) is 13.3. The quantitative estimate of drug-likeness (QED) is 0.335. The van der Waals surface area contributed by atoms with Gasteiger partial charge in [0.25, 0.3) is 0 Å². The van der Waals surface area contributed by atoms with Gasteiger partial charge in [-0.05, 0) is 37.5 Å². The van der Waals surface area contributed by atoms with Crippen molar-refractivity contribution in [3.05, 3.63) is 28.2 Å². The molecule has 4 N–H and O–H groups in total. The lowest BCUT2D eigenvalue weighted by molar-refractivity contribution is -0.126. The Morgan fingerprint density at radius 2 is 2.14 bits per heavy atom. The number of halogens is 1. The fourth-order valence-electron chi connectivity index (χ4n) is 2.40. The number of ether oxygens (including phenoxy) is 1. The number of hydrogen-bond donors (Lipinski definition) is 3. The Balaban J connectivity index is 2.29. The summed E-state index contributed by atoms with van der Waals surface area (Å²) in [5, 5.41) is 14.9. The van der Waals surface area contributed by atoms with Gasteiger partial charge in [0.1, 0.15) is 5.41 Å². The van der Waals surface area contributed by atoms with E-state index < -0.39 is 5.41 Å². The Morgan fingerprint density at radius 3 is 2.76 bits per heavy atom. The SMILES string of the molecule is Cc1c(Br)cccc1NC(=O)C1(/C(N)=N/O)CCOCC1. The smallest absolute Gasteiger partial charge is 0.238 e. The van der Waals surface area contributed by atoms with Crippen LogP contribution in [0.5, 0.6) is 0 Å². The van der Waals surface area contributed by atoms with E-state index in [9.17, 15) is 4.79 Å². The summed E-state index contributed by atoms with van der Waals surface area (Å²) >= 11 is 3.43. The molecule has 0 unspecified atom stereocenters. The Morgan fingerprint density at radius 1 is 1.48 bits per heavy atom. The highest BCUT2D eigenvalue weighted by Gasteiger charge is 2.44. The van der Waals surface area contributed by atoms with Gasteiger partial charge < -0.3 is 21.0 Å². The van der Waals surface area contributed by atoms with Gasteiger partial charge in [-0.25, -0.2) is 0 Å². The minimum absolute atomic E-state index is 0.0732. The molecule has 2 rings (SSSR count). The van der Waals surface area contributed by atoms with E-state index in [0.717, 1.165) is 10.0 Å². The maximum atomic E-state index is 12.7. The van der Waals surface area contributed by atoms with Crippen LogP contribution in [-0.4, -0.2) is 30.2 Å². The van der Waals surface area contributed by atoms with Crippen LogP contribution in [0.3, 0.4) is 0 Å². The Hall–Kier alpha value is -1.60. The summed E-state index contributed by atoms with van der Waals surface area (Å²) in [6.07, 6.45) is 0.781. The maximum Gasteiger partial charge on any atom is 0.238 e. The fraction of sp³-hybridized carbons (Fsp3) is 0.429. The van der Waals surface area contributed by atoms with E-state index in [1.54, 1.807) is 0 Å². The molecule has 0 spiro atoms. The third-order valence-corrected chi connectivity index (χ3v) is 4.75. The molecule has 1 aromatic rings. The molecule has 0 aromatic heterocycles. The monoisotopic (exact) mass is 355 g/mol. The molecule has 7 heteroatoms. The summed E-state index contributed by atoms with van der Waals surface area (Å²) < 4.78 is 6.19. The Labute approximate surface area is 131 Å². The van der Waals surface area contributed by atoms with Gasteiger partial charge >= 0.3 is 0 Å². The minimum Gasteiger partial charge on any atom is -0.409 e. The number of anilines is 1. The summed E-state index contributed by atoms with van der Waals surface area (Å²) in [4.78, 5) is 12.7. The van der Waals surface area contributed by atoms with Crippen LogP contribution < -0.4 is 11.1 Å². The van der Waals surface area contributed by atoms with Crippen molar-refractivity contribution in [2.45, 2.75) is 19.8 Å². The number of nitrogens with two attached hydrogens (primary N) is 1. The van der Waals surface area contributed by atoms with Crippen LogP contribution in [-0.2, 0) is 9.53 Å². The van der Waals surface area contributed by atoms with Gasteiger partial charge in [-0.3, -0.25) is 4.79 Å². The van der Waals surface area contributed by atoms with Crippen molar-refractivity contribution in [2.75, 3.05) is 18.5 Å². The molecule has 1 aliphatic heterocycles. The molecule has 0 bridgehead atoms. The van der Waals surface area contributed by atoms with Crippen LogP contribution in [0, 0.1) is 12.3 Å². The number of carbonyl (C=O) groups excluding carboxylic acids is 1. The average Bonchev–Trinajstić information content (AvgIpc) is 2.51. The first-order valence-corrected chi connectivity index (χ1v) is 7.43. The second-order valence-corrected chi connectivity index (χ2v) is 5.90. The van der Waals surface area contributed by atoms with Crippen LogP contribution in [0.4, 0.5) is 5.69 Å². The molecule has 0 radical (unpaired) electrons. The van der Waals surface area contributed by atoms with Crippen molar-refractivity contribution < 1.29 is 14.7 Å². The standard InChI is InChI=1S/C14H18BrN3O3/c1-9-10(15)3-2-4-11(9)17-13(19)14(12(16)18-20)5-7-21-8-6-14/h2-4,20H,5-8H2,1H3,(H2,16,18)(H,17,19). The first-order valence-electron chi connectivity index (χ1n) is 6.63. The molecule has 0 saturated carbocycles. The lowest BCUT2D eigenvalue weighted by atomic mass is 9.78. The van der Waals surface area contributed by atoms with Crippen molar-refractivity contribution >= 4 is 33.4 Å². The zero-order valence-electron chi connectivity index (χ0n) is 11.7. The molecule has 1 aromatic carbocycles. The van der Waals surface area contributed by atoms with Crippen LogP contribution in [0.2, 0.25) is 0 Å². The van der Waals surface area contributed by atoms with Crippen molar-refractivity contribution in [1.29, 1.82) is 0 Å². The van der Waals surface area contributed by atoms with Gasteiger partial charge in [-0.2, -0.15) is 0 Å². The highest BCUT2D eigenvalue weighted by molar-refractivity contribution is 9.10. The lowest BCUT2D eigenvalue weighted by Crippen LogP contribution is -2.50. The molecular formula is C14H18BrN3O3. The number of oxime groups is 1. The number of benzene rings is 1. The summed E-state index contributed by atoms with van der Waals surface area (Å²) in [6.45, 7) is 2.71. The van der Waals surface area contributed by atoms with Crippen LogP contribution in [0.25, 0.3) is 0 Å². The Kier molecular flexibility index (Phi) is 4.84. The number of hydrogen-bond acceptors (Lipinski definition) is 4. The van der Waals surface area contributed by atoms with Crippen LogP contribution in [0.15, 0.2) is 27.8 Å². The summed E-state index contributed by atoms with van der Waals surface area (Å²) in [5.74, 6) is -0.349. The van der Waals surface area contributed by atoms with E-state index >= 15 is 0 Å². The second kappa shape index (κ2) is 6.44. The summed E-state index contributed by atoms with van der Waals surface area (Å²) in [6, 6.07) is 5.56.